The fraction of sp³-hybridized carbons (Fsp3) is 0.412. The molecule has 0 unspecified atom stereocenters. The molecule has 0 amide bonds. The van der Waals surface area contributed by atoms with Crippen molar-refractivity contribution in [3.63, 3.8) is 0 Å². The van der Waals surface area contributed by atoms with E-state index in [1.54, 1.807) is 22.2 Å². The van der Waals surface area contributed by atoms with Crippen molar-refractivity contribution in [3.05, 3.63) is 50.8 Å². The van der Waals surface area contributed by atoms with E-state index in [-0.39, 0.29) is 5.56 Å². The molecule has 0 saturated carbocycles. The van der Waals surface area contributed by atoms with Crippen LogP contribution in [-0.4, -0.2) is 9.55 Å². The van der Waals surface area contributed by atoms with E-state index in [1.165, 1.54) is 23.3 Å². The Morgan fingerprint density at radius 2 is 2.23 bits per heavy atom. The lowest BCUT2D eigenvalue weighted by Crippen LogP contribution is -2.25. The summed E-state index contributed by atoms with van der Waals surface area (Å²) >= 11 is 1.71. The van der Waals surface area contributed by atoms with Gasteiger partial charge in [0.25, 0.3) is 5.56 Å². The van der Waals surface area contributed by atoms with Crippen LogP contribution >= 0.6 is 11.3 Å². The van der Waals surface area contributed by atoms with Gasteiger partial charge >= 0.3 is 0 Å². The molecule has 4 rings (SSSR count). The zero-order valence-corrected chi connectivity index (χ0v) is 13.4. The van der Waals surface area contributed by atoms with Gasteiger partial charge in [-0.25, -0.2) is 4.98 Å². The quantitative estimate of drug-likeness (QED) is 0.743. The number of furan rings is 1. The third-order valence-electron chi connectivity index (χ3n) is 4.36. The van der Waals surface area contributed by atoms with Crippen molar-refractivity contribution >= 4 is 21.6 Å². The van der Waals surface area contributed by atoms with E-state index >= 15 is 0 Å². The van der Waals surface area contributed by atoms with Gasteiger partial charge < -0.3 is 4.42 Å². The van der Waals surface area contributed by atoms with Gasteiger partial charge in [-0.15, -0.1) is 11.3 Å². The molecule has 3 aromatic heterocycles. The molecule has 0 aliphatic heterocycles. The van der Waals surface area contributed by atoms with Crippen LogP contribution in [-0.2, 0) is 25.8 Å². The number of nitrogens with zero attached hydrogens (tertiary/aromatic N) is 2. The topological polar surface area (TPSA) is 48.0 Å². The summed E-state index contributed by atoms with van der Waals surface area (Å²) in [5, 5.41) is 0.850. The lowest BCUT2D eigenvalue weighted by molar-refractivity contribution is 0.483. The van der Waals surface area contributed by atoms with Crippen molar-refractivity contribution in [1.82, 2.24) is 9.55 Å². The Morgan fingerprint density at radius 3 is 3.00 bits per heavy atom. The van der Waals surface area contributed by atoms with E-state index in [4.69, 9.17) is 9.40 Å². The first-order valence-corrected chi connectivity index (χ1v) is 8.66. The molecule has 0 N–H and O–H groups in total. The first kappa shape index (κ1) is 13.8. The molecule has 1 aliphatic carbocycles. The molecule has 5 heteroatoms. The highest BCUT2D eigenvalue weighted by Crippen LogP contribution is 2.33. The van der Waals surface area contributed by atoms with Crippen LogP contribution in [0.5, 0.6) is 0 Å². The van der Waals surface area contributed by atoms with Crippen LogP contribution < -0.4 is 5.56 Å². The van der Waals surface area contributed by atoms with Crippen LogP contribution in [0.1, 0.15) is 41.8 Å². The Hall–Kier alpha value is -1.88. The maximum atomic E-state index is 13.1. The highest BCUT2D eigenvalue weighted by atomic mass is 32.1. The fourth-order valence-electron chi connectivity index (χ4n) is 3.27. The number of fused-ring (bicyclic) bond motifs is 3. The van der Waals surface area contributed by atoms with Crippen molar-refractivity contribution in [2.75, 3.05) is 0 Å². The monoisotopic (exact) mass is 314 g/mol. The third kappa shape index (κ3) is 2.11. The smallest absolute Gasteiger partial charge is 0.262 e. The van der Waals surface area contributed by atoms with Gasteiger partial charge in [-0.1, -0.05) is 6.92 Å². The molecule has 3 aromatic rings. The molecule has 22 heavy (non-hydrogen) atoms. The van der Waals surface area contributed by atoms with Crippen LogP contribution in [0.4, 0.5) is 0 Å². The van der Waals surface area contributed by atoms with Gasteiger partial charge in [0.05, 0.1) is 18.2 Å². The minimum absolute atomic E-state index is 0.0950. The summed E-state index contributed by atoms with van der Waals surface area (Å²) in [5.41, 5.74) is 1.34. The summed E-state index contributed by atoms with van der Waals surface area (Å²) in [4.78, 5) is 20.1. The van der Waals surface area contributed by atoms with Gasteiger partial charge in [-0.2, -0.15) is 0 Å². The number of aromatic nitrogens is 2. The van der Waals surface area contributed by atoms with Crippen LogP contribution in [0.15, 0.2) is 27.6 Å². The Balaban J connectivity index is 1.94. The standard InChI is InChI=1S/C17H18N2O2S/c1-2-14-18-16-15(12-7-3-4-8-13(12)22-16)17(20)19(14)10-11-6-5-9-21-11/h5-6,9H,2-4,7-8,10H2,1H3. The Kier molecular flexibility index (Phi) is 3.37. The maximum absolute atomic E-state index is 13.1. The summed E-state index contributed by atoms with van der Waals surface area (Å²) in [7, 11) is 0. The summed E-state index contributed by atoms with van der Waals surface area (Å²) in [6, 6.07) is 3.75. The lowest BCUT2D eigenvalue weighted by atomic mass is 9.97. The second-order valence-corrected chi connectivity index (χ2v) is 6.83. The molecule has 114 valence electrons. The molecular weight excluding hydrogens is 296 g/mol. The van der Waals surface area contributed by atoms with Crippen LogP contribution in [0.3, 0.4) is 0 Å². The van der Waals surface area contributed by atoms with Crippen LogP contribution in [0, 0.1) is 0 Å². The van der Waals surface area contributed by atoms with Crippen molar-refractivity contribution in [1.29, 1.82) is 0 Å². The molecule has 0 aromatic carbocycles. The van der Waals surface area contributed by atoms with E-state index in [1.807, 2.05) is 19.1 Å². The van der Waals surface area contributed by atoms with Gasteiger partial charge in [-0.05, 0) is 43.4 Å². The molecule has 0 saturated heterocycles. The minimum atomic E-state index is 0.0950. The number of rotatable bonds is 3. The van der Waals surface area contributed by atoms with Gasteiger partial charge in [0.15, 0.2) is 0 Å². The zero-order valence-electron chi connectivity index (χ0n) is 12.6. The summed E-state index contributed by atoms with van der Waals surface area (Å²) in [5.74, 6) is 1.63. The molecule has 0 radical (unpaired) electrons. The highest BCUT2D eigenvalue weighted by Gasteiger charge is 2.21. The Morgan fingerprint density at radius 1 is 1.36 bits per heavy atom. The average Bonchev–Trinajstić information content (AvgIpc) is 3.16. The van der Waals surface area contributed by atoms with Crippen molar-refractivity contribution in [3.8, 4) is 0 Å². The van der Waals surface area contributed by atoms with Crippen molar-refractivity contribution in [2.24, 2.45) is 0 Å². The molecule has 0 atom stereocenters. The Labute approximate surface area is 132 Å². The molecule has 0 bridgehead atoms. The van der Waals surface area contributed by atoms with E-state index in [2.05, 4.69) is 0 Å². The largest absolute Gasteiger partial charge is 0.467 e. The van der Waals surface area contributed by atoms with Crippen molar-refractivity contribution in [2.45, 2.75) is 45.6 Å². The number of thiophene rings is 1. The lowest BCUT2D eigenvalue weighted by Gasteiger charge is -2.12. The zero-order chi connectivity index (χ0) is 15.1. The second-order valence-electron chi connectivity index (χ2n) is 5.74. The van der Waals surface area contributed by atoms with Gasteiger partial charge in [0.1, 0.15) is 16.4 Å². The Bertz CT molecular complexity index is 874. The molecule has 4 nitrogen and oxygen atoms in total. The summed E-state index contributed by atoms with van der Waals surface area (Å²) in [6.45, 7) is 2.50. The third-order valence-corrected chi connectivity index (χ3v) is 5.55. The van der Waals surface area contributed by atoms with E-state index < -0.39 is 0 Å². The molecule has 3 heterocycles. The predicted octanol–water partition coefficient (Wildman–Crippen LogP) is 3.54. The van der Waals surface area contributed by atoms with E-state index in [0.29, 0.717) is 6.54 Å². The minimum Gasteiger partial charge on any atom is -0.467 e. The fourth-order valence-corrected chi connectivity index (χ4v) is 4.54. The highest BCUT2D eigenvalue weighted by molar-refractivity contribution is 7.18. The summed E-state index contributed by atoms with van der Waals surface area (Å²) < 4.78 is 7.19. The van der Waals surface area contributed by atoms with Gasteiger partial charge in [0.2, 0.25) is 0 Å². The molecule has 1 aliphatic rings. The van der Waals surface area contributed by atoms with Crippen LogP contribution in [0.25, 0.3) is 10.2 Å². The van der Waals surface area contributed by atoms with E-state index in [9.17, 15) is 4.79 Å². The second kappa shape index (κ2) is 5.39. The van der Waals surface area contributed by atoms with E-state index in [0.717, 1.165) is 41.1 Å². The van der Waals surface area contributed by atoms with Gasteiger partial charge in [-0.3, -0.25) is 9.36 Å². The van der Waals surface area contributed by atoms with Crippen LogP contribution in [0.2, 0.25) is 0 Å². The van der Waals surface area contributed by atoms with Gasteiger partial charge in [0, 0.05) is 11.3 Å². The van der Waals surface area contributed by atoms with Crippen molar-refractivity contribution < 1.29 is 4.42 Å². The first-order valence-electron chi connectivity index (χ1n) is 7.84. The molecule has 0 spiro atoms. The number of aryl methyl sites for hydroxylation is 3. The predicted molar refractivity (Wildman–Crippen MR) is 87.7 cm³/mol. The molecular formula is C17H18N2O2S. The average molecular weight is 314 g/mol. The normalized spacial score (nSPS) is 14.4. The number of hydrogen-bond donors (Lipinski definition) is 0. The maximum Gasteiger partial charge on any atom is 0.262 e. The number of hydrogen-bond acceptors (Lipinski definition) is 4. The molecule has 0 fully saturated rings. The first-order chi connectivity index (χ1) is 10.8. The summed E-state index contributed by atoms with van der Waals surface area (Å²) in [6.07, 6.45) is 6.89. The SMILES string of the molecule is CCc1nc2sc3c(c2c(=O)n1Cc1ccco1)CCCC3.